The highest BCUT2D eigenvalue weighted by atomic mass is 32.2. The fourth-order valence-corrected chi connectivity index (χ4v) is 7.59. The van der Waals surface area contributed by atoms with Gasteiger partial charge in [-0.25, -0.2) is 13.4 Å². The van der Waals surface area contributed by atoms with Crippen molar-refractivity contribution in [3.05, 3.63) is 64.3 Å². The van der Waals surface area contributed by atoms with E-state index in [0.717, 1.165) is 53.9 Å². The summed E-state index contributed by atoms with van der Waals surface area (Å²) in [5, 5.41) is 2.18. The molecule has 1 aromatic heterocycles. The molecule has 1 aliphatic carbocycles. The van der Waals surface area contributed by atoms with Gasteiger partial charge < -0.3 is 4.57 Å². The molecule has 0 amide bonds. The van der Waals surface area contributed by atoms with Crippen LogP contribution in [0.25, 0.3) is 11.3 Å². The van der Waals surface area contributed by atoms with Gasteiger partial charge in [-0.2, -0.15) is 4.31 Å². The summed E-state index contributed by atoms with van der Waals surface area (Å²) in [5.74, 6) is 0. The van der Waals surface area contributed by atoms with Gasteiger partial charge >= 0.3 is 0 Å². The van der Waals surface area contributed by atoms with Crippen LogP contribution < -0.4 is 4.80 Å². The molecule has 1 aliphatic heterocycles. The lowest BCUT2D eigenvalue weighted by Crippen LogP contribution is -2.35. The molecule has 34 heavy (non-hydrogen) atoms. The molecule has 5 nitrogen and oxygen atoms in total. The minimum atomic E-state index is -3.42. The molecular formula is C27H33N3O2S2. The molecule has 0 unspecified atom stereocenters. The summed E-state index contributed by atoms with van der Waals surface area (Å²) >= 11 is 1.67. The normalized spacial score (nSPS) is 18.9. The van der Waals surface area contributed by atoms with E-state index < -0.39 is 10.0 Å². The molecule has 0 bridgehead atoms. The number of benzene rings is 2. The number of piperidine rings is 1. The van der Waals surface area contributed by atoms with Gasteiger partial charge in [-0.05, 0) is 62.4 Å². The molecule has 5 rings (SSSR count). The van der Waals surface area contributed by atoms with E-state index in [1.165, 1.54) is 24.8 Å². The number of hydrogen-bond acceptors (Lipinski definition) is 4. The number of aryl methyl sites for hydroxylation is 1. The second kappa shape index (κ2) is 10.2. The average Bonchev–Trinajstić information content (AvgIpc) is 3.30. The van der Waals surface area contributed by atoms with Gasteiger partial charge in [-0.3, -0.25) is 0 Å². The lowest BCUT2D eigenvalue weighted by atomic mass is 9.95. The van der Waals surface area contributed by atoms with Crippen LogP contribution in [-0.4, -0.2) is 30.4 Å². The quantitative estimate of drug-likeness (QED) is 0.409. The lowest BCUT2D eigenvalue weighted by molar-refractivity contribution is 0.346. The zero-order chi connectivity index (χ0) is 23.5. The van der Waals surface area contributed by atoms with Gasteiger partial charge in [0.25, 0.3) is 0 Å². The summed E-state index contributed by atoms with van der Waals surface area (Å²) in [6.07, 6.45) is 9.10. The largest absolute Gasteiger partial charge is 0.313 e. The third kappa shape index (κ3) is 4.92. The van der Waals surface area contributed by atoms with Gasteiger partial charge in [-0.15, -0.1) is 11.3 Å². The highest BCUT2D eigenvalue weighted by molar-refractivity contribution is 7.89. The first-order valence-electron chi connectivity index (χ1n) is 12.4. The first-order chi connectivity index (χ1) is 16.5. The Balaban J connectivity index is 1.52. The molecule has 3 aromatic rings. The third-order valence-electron chi connectivity index (χ3n) is 7.04. The maximum atomic E-state index is 13.1. The number of thiazole rings is 1. The minimum Gasteiger partial charge on any atom is -0.313 e. The Morgan fingerprint density at radius 1 is 0.853 bits per heavy atom. The molecular weight excluding hydrogens is 462 g/mol. The lowest BCUT2D eigenvalue weighted by Gasteiger charge is -2.26. The van der Waals surface area contributed by atoms with Crippen LogP contribution in [0.15, 0.2) is 63.8 Å². The van der Waals surface area contributed by atoms with Gasteiger partial charge in [0.2, 0.25) is 10.0 Å². The summed E-state index contributed by atoms with van der Waals surface area (Å²) < 4.78 is 30.2. The fraction of sp³-hybridized carbons (Fsp3) is 0.444. The number of nitrogens with zero attached hydrogens (tertiary/aromatic N) is 3. The van der Waals surface area contributed by atoms with Crippen molar-refractivity contribution in [3.63, 3.8) is 0 Å². The standard InChI is InChI=1S/C27H33N3O2S2/c1-21-10-14-23(15-11-21)28-27-30(24-8-4-2-5-9-24)26(20-33-27)22-12-16-25(17-13-22)34(31,32)29-18-6-3-7-19-29/h10-17,20,24H,2-9,18-19H2,1H3. The van der Waals surface area contributed by atoms with Crippen LogP contribution in [-0.2, 0) is 10.0 Å². The van der Waals surface area contributed by atoms with Gasteiger partial charge in [-0.1, -0.05) is 55.5 Å². The first-order valence-corrected chi connectivity index (χ1v) is 14.8. The molecule has 7 heteroatoms. The zero-order valence-electron chi connectivity index (χ0n) is 19.8. The second-order valence-corrected chi connectivity index (χ2v) is 12.3. The Morgan fingerprint density at radius 3 is 2.18 bits per heavy atom. The predicted octanol–water partition coefficient (Wildman–Crippen LogP) is 6.44. The van der Waals surface area contributed by atoms with E-state index in [4.69, 9.17) is 4.99 Å². The van der Waals surface area contributed by atoms with Crippen molar-refractivity contribution in [3.8, 4) is 11.3 Å². The van der Waals surface area contributed by atoms with Crippen molar-refractivity contribution in [1.82, 2.24) is 8.87 Å². The Kier molecular flexibility index (Phi) is 7.04. The van der Waals surface area contributed by atoms with Crippen molar-refractivity contribution >= 4 is 27.0 Å². The Bertz CT molecular complexity index is 1280. The zero-order valence-corrected chi connectivity index (χ0v) is 21.5. The van der Waals surface area contributed by atoms with Crippen LogP contribution in [0.4, 0.5) is 5.69 Å². The highest BCUT2D eigenvalue weighted by Gasteiger charge is 2.26. The SMILES string of the molecule is Cc1ccc(N=c2scc(-c3ccc(S(=O)(=O)N4CCCCC4)cc3)n2C2CCCCC2)cc1. The maximum absolute atomic E-state index is 13.1. The summed E-state index contributed by atoms with van der Waals surface area (Å²) in [5.41, 5.74) is 4.37. The third-order valence-corrected chi connectivity index (χ3v) is 9.80. The van der Waals surface area contributed by atoms with Crippen molar-refractivity contribution in [1.29, 1.82) is 0 Å². The molecule has 0 N–H and O–H groups in total. The summed E-state index contributed by atoms with van der Waals surface area (Å²) in [7, 11) is -3.42. The van der Waals surface area contributed by atoms with E-state index in [1.54, 1.807) is 27.8 Å². The van der Waals surface area contributed by atoms with Crippen molar-refractivity contribution in [2.45, 2.75) is 69.2 Å². The smallest absolute Gasteiger partial charge is 0.243 e. The number of sulfonamides is 1. The summed E-state index contributed by atoms with van der Waals surface area (Å²) in [6.45, 7) is 3.34. The van der Waals surface area contributed by atoms with E-state index in [0.29, 0.717) is 24.0 Å². The number of rotatable bonds is 5. The average molecular weight is 496 g/mol. The molecule has 1 saturated carbocycles. The summed E-state index contributed by atoms with van der Waals surface area (Å²) in [4.78, 5) is 6.40. The molecule has 2 aromatic carbocycles. The van der Waals surface area contributed by atoms with Crippen LogP contribution in [0.2, 0.25) is 0 Å². The Hall–Kier alpha value is -2.22. The van der Waals surface area contributed by atoms with Crippen LogP contribution in [0.3, 0.4) is 0 Å². The van der Waals surface area contributed by atoms with Crippen molar-refractivity contribution in [2.75, 3.05) is 13.1 Å². The maximum Gasteiger partial charge on any atom is 0.243 e. The molecule has 2 aliphatic rings. The predicted molar refractivity (Wildman–Crippen MR) is 139 cm³/mol. The van der Waals surface area contributed by atoms with Crippen LogP contribution in [0.1, 0.15) is 63.0 Å². The molecule has 2 heterocycles. The topological polar surface area (TPSA) is 54.7 Å². The van der Waals surface area contributed by atoms with Crippen LogP contribution in [0.5, 0.6) is 0 Å². The molecule has 180 valence electrons. The molecule has 0 atom stereocenters. The van der Waals surface area contributed by atoms with Gasteiger partial charge in [0.1, 0.15) is 0 Å². The molecule has 0 spiro atoms. The Labute approximate surface area is 206 Å². The minimum absolute atomic E-state index is 0.391. The van der Waals surface area contributed by atoms with Gasteiger partial charge in [0, 0.05) is 24.5 Å². The van der Waals surface area contributed by atoms with E-state index >= 15 is 0 Å². The van der Waals surface area contributed by atoms with E-state index in [1.807, 2.05) is 12.1 Å². The molecule has 1 saturated heterocycles. The monoisotopic (exact) mass is 495 g/mol. The highest BCUT2D eigenvalue weighted by Crippen LogP contribution is 2.33. The van der Waals surface area contributed by atoms with Crippen molar-refractivity contribution in [2.24, 2.45) is 4.99 Å². The van der Waals surface area contributed by atoms with Gasteiger partial charge in [0.05, 0.1) is 16.3 Å². The van der Waals surface area contributed by atoms with Crippen molar-refractivity contribution < 1.29 is 8.42 Å². The summed E-state index contributed by atoms with van der Waals surface area (Å²) in [6, 6.07) is 16.2. The molecule has 2 fully saturated rings. The van der Waals surface area contributed by atoms with Crippen LogP contribution in [0, 0.1) is 6.92 Å². The molecule has 0 radical (unpaired) electrons. The van der Waals surface area contributed by atoms with E-state index in [-0.39, 0.29) is 0 Å². The van der Waals surface area contributed by atoms with E-state index in [2.05, 4.69) is 41.1 Å². The first kappa shape index (κ1) is 23.5. The number of aromatic nitrogens is 1. The van der Waals surface area contributed by atoms with Crippen LogP contribution >= 0.6 is 11.3 Å². The Morgan fingerprint density at radius 2 is 1.50 bits per heavy atom. The van der Waals surface area contributed by atoms with Gasteiger partial charge in [0.15, 0.2) is 4.80 Å². The second-order valence-electron chi connectivity index (χ2n) is 9.50. The number of hydrogen-bond donors (Lipinski definition) is 0. The fourth-order valence-electron chi connectivity index (χ4n) is 5.09. The van der Waals surface area contributed by atoms with E-state index in [9.17, 15) is 8.42 Å².